The Morgan fingerprint density at radius 3 is 2.57 bits per heavy atom. The van der Waals surface area contributed by atoms with Crippen molar-refractivity contribution in [3.05, 3.63) is 72.6 Å². The van der Waals surface area contributed by atoms with Gasteiger partial charge in [-0.3, -0.25) is 4.79 Å². The number of aryl methyl sites for hydroxylation is 1. The van der Waals surface area contributed by atoms with E-state index in [1.165, 1.54) is 6.08 Å². The Morgan fingerprint density at radius 1 is 1.09 bits per heavy atom. The van der Waals surface area contributed by atoms with Crippen LogP contribution < -0.4 is 5.32 Å². The number of amides is 1. The van der Waals surface area contributed by atoms with Gasteiger partial charge in [-0.15, -0.1) is 10.2 Å². The SMILES string of the molecule is Cn1cnnc1-c1ccccc1NC(=O)/C=C\c1ccccc1. The van der Waals surface area contributed by atoms with Gasteiger partial charge in [0.25, 0.3) is 0 Å². The molecular weight excluding hydrogens is 288 g/mol. The van der Waals surface area contributed by atoms with Crippen molar-refractivity contribution in [2.24, 2.45) is 7.05 Å². The molecule has 1 heterocycles. The zero-order valence-corrected chi connectivity index (χ0v) is 12.7. The maximum Gasteiger partial charge on any atom is 0.248 e. The van der Waals surface area contributed by atoms with Crippen molar-refractivity contribution in [1.82, 2.24) is 14.8 Å². The lowest BCUT2D eigenvalue weighted by Gasteiger charge is -2.09. The molecule has 0 aliphatic carbocycles. The van der Waals surface area contributed by atoms with Crippen LogP contribution in [0.4, 0.5) is 5.69 Å². The highest BCUT2D eigenvalue weighted by Crippen LogP contribution is 2.25. The molecule has 5 heteroatoms. The molecule has 1 amide bonds. The van der Waals surface area contributed by atoms with Gasteiger partial charge in [-0.05, 0) is 23.8 Å². The van der Waals surface area contributed by atoms with E-state index < -0.39 is 0 Å². The molecule has 114 valence electrons. The second-order valence-corrected chi connectivity index (χ2v) is 5.04. The summed E-state index contributed by atoms with van der Waals surface area (Å²) in [7, 11) is 1.86. The van der Waals surface area contributed by atoms with Crippen molar-refractivity contribution >= 4 is 17.7 Å². The largest absolute Gasteiger partial charge is 0.322 e. The second kappa shape index (κ2) is 6.70. The summed E-state index contributed by atoms with van der Waals surface area (Å²) in [6.07, 6.45) is 4.92. The molecule has 0 saturated heterocycles. The third kappa shape index (κ3) is 3.52. The second-order valence-electron chi connectivity index (χ2n) is 5.04. The first-order chi connectivity index (χ1) is 11.2. The number of para-hydroxylation sites is 1. The van der Waals surface area contributed by atoms with Crippen LogP contribution in [0.3, 0.4) is 0 Å². The van der Waals surface area contributed by atoms with Gasteiger partial charge in [-0.2, -0.15) is 0 Å². The molecule has 3 aromatic rings. The first-order valence-electron chi connectivity index (χ1n) is 7.21. The number of hydrogen-bond acceptors (Lipinski definition) is 3. The molecule has 0 bridgehead atoms. The van der Waals surface area contributed by atoms with Crippen LogP contribution >= 0.6 is 0 Å². The first kappa shape index (κ1) is 14.7. The number of aromatic nitrogens is 3. The van der Waals surface area contributed by atoms with Crippen molar-refractivity contribution in [3.63, 3.8) is 0 Å². The van der Waals surface area contributed by atoms with E-state index in [4.69, 9.17) is 0 Å². The van der Waals surface area contributed by atoms with Gasteiger partial charge < -0.3 is 9.88 Å². The minimum atomic E-state index is -0.191. The van der Waals surface area contributed by atoms with Crippen molar-refractivity contribution in [3.8, 4) is 11.4 Å². The first-order valence-corrected chi connectivity index (χ1v) is 7.21. The van der Waals surface area contributed by atoms with Gasteiger partial charge in [-0.25, -0.2) is 0 Å². The Balaban J connectivity index is 1.80. The van der Waals surface area contributed by atoms with Crippen LogP contribution in [-0.2, 0) is 11.8 Å². The van der Waals surface area contributed by atoms with Crippen molar-refractivity contribution < 1.29 is 4.79 Å². The number of nitrogens with one attached hydrogen (secondary N) is 1. The van der Waals surface area contributed by atoms with Crippen molar-refractivity contribution in [2.45, 2.75) is 0 Å². The van der Waals surface area contributed by atoms with Gasteiger partial charge in [0.2, 0.25) is 5.91 Å². The molecule has 0 spiro atoms. The number of benzene rings is 2. The minimum Gasteiger partial charge on any atom is -0.322 e. The van der Waals surface area contributed by atoms with E-state index in [-0.39, 0.29) is 5.91 Å². The van der Waals surface area contributed by atoms with Gasteiger partial charge in [0.15, 0.2) is 5.82 Å². The third-order valence-corrected chi connectivity index (χ3v) is 3.36. The summed E-state index contributed by atoms with van der Waals surface area (Å²) < 4.78 is 1.81. The van der Waals surface area contributed by atoms with Crippen LogP contribution in [0.2, 0.25) is 0 Å². The number of rotatable bonds is 4. The molecule has 1 N–H and O–H groups in total. The number of hydrogen-bond donors (Lipinski definition) is 1. The molecule has 2 aromatic carbocycles. The quantitative estimate of drug-likeness (QED) is 0.753. The Hall–Kier alpha value is -3.21. The standard InChI is InChI=1S/C18H16N4O/c1-22-13-19-21-18(22)15-9-5-6-10-16(15)20-17(23)12-11-14-7-3-2-4-8-14/h2-13H,1H3,(H,20,23)/b12-11-. The molecule has 0 saturated carbocycles. The summed E-state index contributed by atoms with van der Waals surface area (Å²) in [5.41, 5.74) is 2.50. The zero-order valence-electron chi connectivity index (χ0n) is 12.7. The Morgan fingerprint density at radius 2 is 1.83 bits per heavy atom. The van der Waals surface area contributed by atoms with Crippen LogP contribution in [0, 0.1) is 0 Å². The monoisotopic (exact) mass is 304 g/mol. The van der Waals surface area contributed by atoms with Gasteiger partial charge in [0.05, 0.1) is 5.69 Å². The number of nitrogens with zero attached hydrogens (tertiary/aromatic N) is 3. The van der Waals surface area contributed by atoms with Gasteiger partial charge in [0, 0.05) is 18.7 Å². The summed E-state index contributed by atoms with van der Waals surface area (Å²) in [5, 5.41) is 10.9. The lowest BCUT2D eigenvalue weighted by molar-refractivity contribution is -0.111. The van der Waals surface area contributed by atoms with Crippen LogP contribution in [-0.4, -0.2) is 20.7 Å². The van der Waals surface area contributed by atoms with Crippen LogP contribution in [0.1, 0.15) is 5.56 Å². The molecular formula is C18H16N4O. The van der Waals surface area contributed by atoms with E-state index in [1.807, 2.05) is 66.2 Å². The fourth-order valence-electron chi connectivity index (χ4n) is 2.22. The normalized spacial score (nSPS) is 10.8. The van der Waals surface area contributed by atoms with E-state index in [9.17, 15) is 4.79 Å². The predicted molar refractivity (Wildman–Crippen MR) is 90.5 cm³/mol. The lowest BCUT2D eigenvalue weighted by Crippen LogP contribution is -2.09. The van der Waals surface area contributed by atoms with Crippen LogP contribution in [0.5, 0.6) is 0 Å². The Labute approximate surface area is 134 Å². The topological polar surface area (TPSA) is 59.8 Å². The highest BCUT2D eigenvalue weighted by atomic mass is 16.1. The summed E-state index contributed by atoms with van der Waals surface area (Å²) in [4.78, 5) is 12.2. The summed E-state index contributed by atoms with van der Waals surface area (Å²) in [5.74, 6) is 0.511. The maximum atomic E-state index is 12.2. The summed E-state index contributed by atoms with van der Waals surface area (Å²) in [6, 6.07) is 17.2. The molecule has 0 aliphatic rings. The van der Waals surface area contributed by atoms with Gasteiger partial charge in [0.1, 0.15) is 6.33 Å². The van der Waals surface area contributed by atoms with E-state index in [0.29, 0.717) is 11.5 Å². The highest BCUT2D eigenvalue weighted by Gasteiger charge is 2.10. The number of carbonyl (C=O) groups is 1. The molecule has 23 heavy (non-hydrogen) atoms. The van der Waals surface area contributed by atoms with Crippen molar-refractivity contribution in [2.75, 3.05) is 5.32 Å². The highest BCUT2D eigenvalue weighted by molar-refractivity contribution is 6.03. The zero-order chi connectivity index (χ0) is 16.1. The lowest BCUT2D eigenvalue weighted by atomic mass is 10.1. The number of anilines is 1. The Bertz CT molecular complexity index is 837. The summed E-state index contributed by atoms with van der Waals surface area (Å²) >= 11 is 0. The minimum absolute atomic E-state index is 0.191. The molecule has 3 rings (SSSR count). The third-order valence-electron chi connectivity index (χ3n) is 3.36. The van der Waals surface area contributed by atoms with Gasteiger partial charge in [-0.1, -0.05) is 42.5 Å². The maximum absolute atomic E-state index is 12.2. The molecule has 5 nitrogen and oxygen atoms in total. The van der Waals surface area contributed by atoms with E-state index in [2.05, 4.69) is 15.5 Å². The average molecular weight is 304 g/mol. The number of carbonyl (C=O) groups excluding carboxylic acids is 1. The molecule has 0 fully saturated rings. The Kier molecular flexibility index (Phi) is 4.29. The van der Waals surface area contributed by atoms with E-state index in [1.54, 1.807) is 12.4 Å². The fraction of sp³-hybridized carbons (Fsp3) is 0.0556. The molecule has 0 atom stereocenters. The average Bonchev–Trinajstić information content (AvgIpc) is 3.00. The fourth-order valence-corrected chi connectivity index (χ4v) is 2.22. The molecule has 0 aliphatic heterocycles. The summed E-state index contributed by atoms with van der Waals surface area (Å²) in [6.45, 7) is 0. The molecule has 1 aromatic heterocycles. The smallest absolute Gasteiger partial charge is 0.248 e. The van der Waals surface area contributed by atoms with Crippen LogP contribution in [0.25, 0.3) is 17.5 Å². The molecule has 0 unspecified atom stereocenters. The van der Waals surface area contributed by atoms with Crippen LogP contribution in [0.15, 0.2) is 67.0 Å². The van der Waals surface area contributed by atoms with E-state index >= 15 is 0 Å². The molecule has 0 radical (unpaired) electrons. The predicted octanol–water partition coefficient (Wildman–Crippen LogP) is 3.13. The van der Waals surface area contributed by atoms with E-state index in [0.717, 1.165) is 11.1 Å². The van der Waals surface area contributed by atoms with Crippen molar-refractivity contribution in [1.29, 1.82) is 0 Å². The van der Waals surface area contributed by atoms with Gasteiger partial charge >= 0.3 is 0 Å².